The van der Waals surface area contributed by atoms with E-state index in [4.69, 9.17) is 15.5 Å². The van der Waals surface area contributed by atoms with Crippen LogP contribution in [0.3, 0.4) is 0 Å². The summed E-state index contributed by atoms with van der Waals surface area (Å²) in [5, 5.41) is 6.58. The van der Waals surface area contributed by atoms with E-state index < -0.39 is 0 Å². The van der Waals surface area contributed by atoms with Crippen molar-refractivity contribution in [2.75, 3.05) is 25.2 Å². The lowest BCUT2D eigenvalue weighted by Crippen LogP contribution is -2.10. The van der Waals surface area contributed by atoms with Crippen LogP contribution in [-0.4, -0.2) is 39.2 Å². The number of rotatable bonds is 7. The Morgan fingerprint density at radius 1 is 1.33 bits per heavy atom. The fourth-order valence-corrected chi connectivity index (χ4v) is 6.26. The molecule has 4 aromatic rings. The van der Waals surface area contributed by atoms with Gasteiger partial charge in [0, 0.05) is 55.2 Å². The maximum Gasteiger partial charge on any atom is 0.181 e. The summed E-state index contributed by atoms with van der Waals surface area (Å²) in [4.78, 5) is 10.6. The molecule has 4 aromatic heterocycles. The Morgan fingerprint density at radius 3 is 2.97 bits per heavy atom. The van der Waals surface area contributed by atoms with Crippen LogP contribution in [0, 0.1) is 0 Å². The first kappa shape index (κ1) is 19.8. The fourth-order valence-electron chi connectivity index (χ4n) is 3.97. The Bertz CT molecular complexity index is 1210. The Morgan fingerprint density at radius 2 is 2.20 bits per heavy atom. The molecule has 1 aliphatic rings. The predicted molar refractivity (Wildman–Crippen MR) is 125 cm³/mol. The molecule has 0 radical (unpaired) electrons. The maximum atomic E-state index is 6.63. The van der Waals surface area contributed by atoms with Crippen LogP contribution in [0.25, 0.3) is 32.5 Å². The number of nitrogens with zero attached hydrogens (tertiary/aromatic N) is 4. The minimum Gasteiger partial charge on any atom is -0.397 e. The van der Waals surface area contributed by atoms with E-state index in [0.29, 0.717) is 5.92 Å². The molecule has 1 fully saturated rings. The molecule has 0 aliphatic heterocycles. The number of methoxy groups -OCH3 is 1. The van der Waals surface area contributed by atoms with Crippen LogP contribution in [-0.2, 0) is 11.8 Å². The number of nitrogens with two attached hydrogens (primary N) is 1. The molecule has 0 amide bonds. The average Bonchev–Trinajstić information content (AvgIpc) is 3.22. The third-order valence-electron chi connectivity index (χ3n) is 5.74. The number of aromatic nitrogens is 4. The lowest BCUT2D eigenvalue weighted by Gasteiger charge is -2.27. The number of pyridine rings is 2. The van der Waals surface area contributed by atoms with Gasteiger partial charge in [-0.3, -0.25) is 4.68 Å². The van der Waals surface area contributed by atoms with Crippen molar-refractivity contribution in [1.29, 1.82) is 0 Å². The zero-order valence-electron chi connectivity index (χ0n) is 17.2. The quantitative estimate of drug-likeness (QED) is 0.314. The molecule has 0 atom stereocenters. The van der Waals surface area contributed by atoms with E-state index in [2.05, 4.69) is 22.2 Å². The summed E-state index contributed by atoms with van der Waals surface area (Å²) in [5.74, 6) is 1.57. The van der Waals surface area contributed by atoms with Crippen molar-refractivity contribution in [3.8, 4) is 11.3 Å². The van der Waals surface area contributed by atoms with E-state index in [1.807, 2.05) is 31.2 Å². The summed E-state index contributed by atoms with van der Waals surface area (Å²) in [6.07, 6.45) is 8.63. The van der Waals surface area contributed by atoms with Gasteiger partial charge in [-0.2, -0.15) is 5.10 Å². The first-order valence-corrected chi connectivity index (χ1v) is 12.1. The van der Waals surface area contributed by atoms with Crippen molar-refractivity contribution in [3.63, 3.8) is 0 Å². The molecule has 4 heterocycles. The Kier molecular flexibility index (Phi) is 5.39. The summed E-state index contributed by atoms with van der Waals surface area (Å²) in [6.45, 7) is 0.775. The molecule has 0 bridgehead atoms. The molecular formula is C22H25N5OS2. The van der Waals surface area contributed by atoms with Crippen molar-refractivity contribution < 1.29 is 4.74 Å². The van der Waals surface area contributed by atoms with Gasteiger partial charge in [-0.1, -0.05) is 6.42 Å². The number of fused-ring (bicyclic) bond motifs is 2. The highest BCUT2D eigenvalue weighted by atomic mass is 32.2. The van der Waals surface area contributed by atoms with Crippen LogP contribution in [0.15, 0.2) is 28.7 Å². The summed E-state index contributed by atoms with van der Waals surface area (Å²) in [6, 6.07) is 4.37. The van der Waals surface area contributed by atoms with Crippen LogP contribution < -0.4 is 5.73 Å². The van der Waals surface area contributed by atoms with Crippen LogP contribution in [0.4, 0.5) is 5.69 Å². The van der Waals surface area contributed by atoms with E-state index >= 15 is 0 Å². The minimum absolute atomic E-state index is 0.576. The van der Waals surface area contributed by atoms with E-state index in [0.717, 1.165) is 57.0 Å². The lowest BCUT2D eigenvalue weighted by atomic mass is 9.79. The lowest BCUT2D eigenvalue weighted by molar-refractivity contribution is 0.200. The van der Waals surface area contributed by atoms with Gasteiger partial charge in [-0.15, -0.1) is 23.1 Å². The molecule has 8 heteroatoms. The van der Waals surface area contributed by atoms with Crippen molar-refractivity contribution in [3.05, 3.63) is 30.1 Å². The van der Waals surface area contributed by atoms with Gasteiger partial charge < -0.3 is 10.5 Å². The monoisotopic (exact) mass is 439 g/mol. The number of aryl methyl sites for hydroxylation is 1. The molecule has 0 spiro atoms. The molecule has 30 heavy (non-hydrogen) atoms. The van der Waals surface area contributed by atoms with E-state index in [-0.39, 0.29) is 0 Å². The summed E-state index contributed by atoms with van der Waals surface area (Å²) >= 11 is 3.53. The van der Waals surface area contributed by atoms with Gasteiger partial charge in [0.25, 0.3) is 0 Å². The molecule has 2 N–H and O–H groups in total. The van der Waals surface area contributed by atoms with Gasteiger partial charge in [-0.25, -0.2) is 9.97 Å². The molecular weight excluding hydrogens is 414 g/mol. The predicted octanol–water partition coefficient (Wildman–Crippen LogP) is 5.22. The minimum atomic E-state index is 0.576. The molecule has 0 aromatic carbocycles. The van der Waals surface area contributed by atoms with Crippen molar-refractivity contribution in [1.82, 2.24) is 19.7 Å². The maximum absolute atomic E-state index is 6.63. The zero-order chi connectivity index (χ0) is 20.7. The highest BCUT2D eigenvalue weighted by Crippen LogP contribution is 2.47. The van der Waals surface area contributed by atoms with E-state index in [1.54, 1.807) is 23.1 Å². The number of hydrogen-bond donors (Lipinski definition) is 1. The largest absolute Gasteiger partial charge is 0.397 e. The van der Waals surface area contributed by atoms with Gasteiger partial charge in [0.1, 0.15) is 4.83 Å². The van der Waals surface area contributed by atoms with E-state index in [9.17, 15) is 0 Å². The van der Waals surface area contributed by atoms with Crippen LogP contribution >= 0.6 is 23.1 Å². The second-order valence-electron chi connectivity index (χ2n) is 7.84. The molecule has 1 saturated carbocycles. The van der Waals surface area contributed by atoms with Crippen LogP contribution in [0.1, 0.15) is 37.2 Å². The van der Waals surface area contributed by atoms with E-state index in [1.165, 1.54) is 29.0 Å². The number of thioether (sulfide) groups is 1. The van der Waals surface area contributed by atoms with Crippen molar-refractivity contribution in [2.45, 2.75) is 35.8 Å². The normalized spacial score (nSPS) is 14.6. The first-order valence-electron chi connectivity index (χ1n) is 10.3. The SMILES string of the molecule is COCCCSc1sc2nc(-c3cnc4nn(C)cc4c3)cc(C3CCC3)c2c1N. The first-order chi connectivity index (χ1) is 14.6. The fraction of sp³-hybridized carbons (Fsp3) is 0.409. The van der Waals surface area contributed by atoms with Crippen molar-refractivity contribution >= 4 is 50.0 Å². The van der Waals surface area contributed by atoms with Gasteiger partial charge in [0.05, 0.1) is 15.6 Å². The Balaban J connectivity index is 1.58. The zero-order valence-corrected chi connectivity index (χ0v) is 18.9. The summed E-state index contributed by atoms with van der Waals surface area (Å²) in [7, 11) is 3.66. The molecule has 5 rings (SSSR count). The van der Waals surface area contributed by atoms with Gasteiger partial charge in [-0.05, 0) is 42.9 Å². The summed E-state index contributed by atoms with van der Waals surface area (Å²) in [5.41, 5.74) is 11.6. The average molecular weight is 440 g/mol. The van der Waals surface area contributed by atoms with Gasteiger partial charge in [0.15, 0.2) is 5.65 Å². The molecule has 156 valence electrons. The second-order valence-corrected chi connectivity index (χ2v) is 10.2. The number of thiophene rings is 1. The molecule has 0 unspecified atom stereocenters. The van der Waals surface area contributed by atoms with Gasteiger partial charge in [0.2, 0.25) is 0 Å². The van der Waals surface area contributed by atoms with Crippen molar-refractivity contribution in [2.24, 2.45) is 7.05 Å². The topological polar surface area (TPSA) is 78.9 Å². The number of anilines is 1. The molecule has 0 saturated heterocycles. The molecule has 1 aliphatic carbocycles. The summed E-state index contributed by atoms with van der Waals surface area (Å²) < 4.78 is 8.14. The number of nitrogen functional groups attached to an aromatic ring is 1. The second kappa shape index (κ2) is 8.17. The number of ether oxygens (including phenoxy) is 1. The third kappa shape index (κ3) is 3.57. The highest BCUT2D eigenvalue weighted by Gasteiger charge is 2.26. The molecule has 6 nitrogen and oxygen atoms in total. The third-order valence-corrected chi connectivity index (χ3v) is 8.21. The Hall–Kier alpha value is -2.16. The van der Waals surface area contributed by atoms with Crippen LogP contribution in [0.5, 0.6) is 0 Å². The smallest absolute Gasteiger partial charge is 0.181 e. The van der Waals surface area contributed by atoms with Crippen LogP contribution in [0.2, 0.25) is 0 Å². The Labute approximate surface area is 183 Å². The van der Waals surface area contributed by atoms with Gasteiger partial charge >= 0.3 is 0 Å². The highest BCUT2D eigenvalue weighted by molar-refractivity contribution is 8.01. The number of hydrogen-bond acceptors (Lipinski definition) is 7. The standard InChI is InChI=1S/C22H25N5OS2/c1-27-12-15-9-14(11-24-20(15)26-27)17-10-16(13-5-3-6-13)18-19(23)22(30-21(18)25-17)29-8-4-7-28-2/h9-13H,3-8,23H2,1-2H3.